The number of halogens is 2. The van der Waals surface area contributed by atoms with Gasteiger partial charge in [0, 0.05) is 14.5 Å². The summed E-state index contributed by atoms with van der Waals surface area (Å²) in [7, 11) is 0. The largest absolute Gasteiger partial charge is 0.294 e. The van der Waals surface area contributed by atoms with E-state index in [2.05, 4.69) is 31.9 Å². The molecule has 0 aliphatic rings. The van der Waals surface area contributed by atoms with Crippen LogP contribution in [0.1, 0.15) is 22.8 Å². The standard InChI is InChI=1S/C9H5Br2NO/c1-5(13)7-3-9(11)8(10)2-6(7)4-12/h2-3H,1H3. The number of benzene rings is 1. The first kappa shape index (κ1) is 10.4. The van der Waals surface area contributed by atoms with Gasteiger partial charge >= 0.3 is 0 Å². The van der Waals surface area contributed by atoms with Crippen LogP contribution >= 0.6 is 31.9 Å². The average Bonchev–Trinajstić information content (AvgIpc) is 2.08. The van der Waals surface area contributed by atoms with Crippen LogP contribution < -0.4 is 0 Å². The summed E-state index contributed by atoms with van der Waals surface area (Å²) in [6.45, 7) is 1.44. The molecule has 0 fully saturated rings. The molecule has 66 valence electrons. The van der Waals surface area contributed by atoms with Gasteiger partial charge in [-0.3, -0.25) is 4.79 Å². The molecule has 0 atom stereocenters. The predicted molar refractivity (Wildman–Crippen MR) is 56.6 cm³/mol. The van der Waals surface area contributed by atoms with Gasteiger partial charge in [0.1, 0.15) is 0 Å². The molecule has 1 rings (SSSR count). The Balaban J connectivity index is 3.44. The van der Waals surface area contributed by atoms with Gasteiger partial charge in [0.2, 0.25) is 0 Å². The van der Waals surface area contributed by atoms with Gasteiger partial charge in [-0.1, -0.05) is 0 Å². The van der Waals surface area contributed by atoms with Gasteiger partial charge in [0.15, 0.2) is 5.78 Å². The molecule has 13 heavy (non-hydrogen) atoms. The molecule has 2 nitrogen and oxygen atoms in total. The topological polar surface area (TPSA) is 40.9 Å². The van der Waals surface area contributed by atoms with Crippen LogP contribution in [0.5, 0.6) is 0 Å². The van der Waals surface area contributed by atoms with Crippen molar-refractivity contribution in [1.82, 2.24) is 0 Å². The molecule has 1 aromatic rings. The molecule has 0 amide bonds. The number of Topliss-reactive ketones (excluding diaryl/α,β-unsaturated/α-hetero) is 1. The van der Waals surface area contributed by atoms with E-state index >= 15 is 0 Å². The summed E-state index contributed by atoms with van der Waals surface area (Å²) in [5, 5.41) is 8.74. The second kappa shape index (κ2) is 4.03. The lowest BCUT2D eigenvalue weighted by Gasteiger charge is -2.02. The molecule has 0 heterocycles. The third kappa shape index (κ3) is 2.17. The van der Waals surface area contributed by atoms with E-state index in [1.54, 1.807) is 12.1 Å². The van der Waals surface area contributed by atoms with Crippen molar-refractivity contribution in [3.63, 3.8) is 0 Å². The Morgan fingerprint density at radius 2 is 1.92 bits per heavy atom. The summed E-state index contributed by atoms with van der Waals surface area (Å²) in [6.07, 6.45) is 0. The first-order chi connectivity index (χ1) is 6.06. The first-order valence-corrected chi connectivity index (χ1v) is 5.05. The zero-order valence-corrected chi connectivity index (χ0v) is 9.94. The Kier molecular flexibility index (Phi) is 3.23. The van der Waals surface area contributed by atoms with Crippen LogP contribution in [0.2, 0.25) is 0 Å². The lowest BCUT2D eigenvalue weighted by Crippen LogP contribution is -1.96. The zero-order valence-electron chi connectivity index (χ0n) is 6.77. The van der Waals surface area contributed by atoms with E-state index in [0.29, 0.717) is 11.1 Å². The Morgan fingerprint density at radius 3 is 2.38 bits per heavy atom. The van der Waals surface area contributed by atoms with Crippen LogP contribution in [-0.2, 0) is 0 Å². The van der Waals surface area contributed by atoms with Gasteiger partial charge in [-0.15, -0.1) is 0 Å². The summed E-state index contributed by atoms with van der Waals surface area (Å²) < 4.78 is 1.55. The van der Waals surface area contributed by atoms with Crippen LogP contribution in [-0.4, -0.2) is 5.78 Å². The number of ketones is 1. The molecule has 0 saturated heterocycles. The van der Waals surface area contributed by atoms with E-state index in [9.17, 15) is 4.79 Å². The number of hydrogen-bond acceptors (Lipinski definition) is 2. The Bertz CT molecular complexity index is 407. The highest BCUT2D eigenvalue weighted by Crippen LogP contribution is 2.26. The number of rotatable bonds is 1. The Labute approximate surface area is 92.8 Å². The quantitative estimate of drug-likeness (QED) is 0.747. The van der Waals surface area contributed by atoms with Crippen molar-refractivity contribution in [1.29, 1.82) is 5.26 Å². The van der Waals surface area contributed by atoms with Crippen molar-refractivity contribution in [3.8, 4) is 6.07 Å². The van der Waals surface area contributed by atoms with Gasteiger partial charge in [-0.05, 0) is 50.9 Å². The van der Waals surface area contributed by atoms with Gasteiger partial charge in [-0.2, -0.15) is 5.26 Å². The van der Waals surface area contributed by atoms with Crippen molar-refractivity contribution < 1.29 is 4.79 Å². The maximum absolute atomic E-state index is 11.1. The molecular formula is C9H5Br2NO. The van der Waals surface area contributed by atoms with Crippen LogP contribution in [0.15, 0.2) is 21.1 Å². The summed E-state index contributed by atoms with van der Waals surface area (Å²) in [6, 6.07) is 5.24. The molecule has 1 aromatic carbocycles. The highest BCUT2D eigenvalue weighted by atomic mass is 79.9. The van der Waals surface area contributed by atoms with E-state index in [1.165, 1.54) is 6.92 Å². The molecule has 0 unspecified atom stereocenters. The Hall–Kier alpha value is -0.660. The molecule has 4 heteroatoms. The fourth-order valence-electron chi connectivity index (χ4n) is 0.931. The molecule has 0 N–H and O–H groups in total. The third-order valence-electron chi connectivity index (χ3n) is 1.56. The normalized spacial score (nSPS) is 9.38. The van der Waals surface area contributed by atoms with E-state index in [-0.39, 0.29) is 5.78 Å². The van der Waals surface area contributed by atoms with Gasteiger partial charge in [0.05, 0.1) is 11.6 Å². The highest BCUT2D eigenvalue weighted by molar-refractivity contribution is 9.13. The maximum Gasteiger partial charge on any atom is 0.161 e. The van der Waals surface area contributed by atoms with E-state index in [1.807, 2.05) is 6.07 Å². The minimum atomic E-state index is -0.107. The van der Waals surface area contributed by atoms with E-state index in [0.717, 1.165) is 8.95 Å². The van der Waals surface area contributed by atoms with Crippen molar-refractivity contribution in [2.45, 2.75) is 6.92 Å². The molecule has 0 saturated carbocycles. The monoisotopic (exact) mass is 301 g/mol. The number of carbonyl (C=O) groups excluding carboxylic acids is 1. The fraction of sp³-hybridized carbons (Fsp3) is 0.111. The summed E-state index contributed by atoms with van der Waals surface area (Å²) in [5.74, 6) is -0.107. The van der Waals surface area contributed by atoms with Crippen LogP contribution in [0.4, 0.5) is 0 Å². The van der Waals surface area contributed by atoms with Crippen molar-refractivity contribution in [2.24, 2.45) is 0 Å². The second-order valence-corrected chi connectivity index (χ2v) is 4.19. The van der Waals surface area contributed by atoms with E-state index < -0.39 is 0 Å². The first-order valence-electron chi connectivity index (χ1n) is 3.46. The number of nitriles is 1. The molecule has 0 aliphatic carbocycles. The molecular weight excluding hydrogens is 298 g/mol. The van der Waals surface area contributed by atoms with Crippen LogP contribution in [0.3, 0.4) is 0 Å². The van der Waals surface area contributed by atoms with Gasteiger partial charge in [-0.25, -0.2) is 0 Å². The number of hydrogen-bond donors (Lipinski definition) is 0. The molecule has 0 spiro atoms. The third-order valence-corrected chi connectivity index (χ3v) is 3.40. The molecule has 0 aliphatic heterocycles. The Morgan fingerprint density at radius 1 is 1.38 bits per heavy atom. The summed E-state index contributed by atoms with van der Waals surface area (Å²) >= 11 is 6.53. The van der Waals surface area contributed by atoms with Crippen molar-refractivity contribution in [2.75, 3.05) is 0 Å². The molecule has 0 aromatic heterocycles. The average molecular weight is 303 g/mol. The van der Waals surface area contributed by atoms with Gasteiger partial charge in [0.25, 0.3) is 0 Å². The van der Waals surface area contributed by atoms with Gasteiger partial charge < -0.3 is 0 Å². The second-order valence-electron chi connectivity index (χ2n) is 2.48. The number of nitrogens with zero attached hydrogens (tertiary/aromatic N) is 1. The van der Waals surface area contributed by atoms with Crippen LogP contribution in [0, 0.1) is 11.3 Å². The molecule has 0 radical (unpaired) electrons. The van der Waals surface area contributed by atoms with Crippen LogP contribution in [0.25, 0.3) is 0 Å². The SMILES string of the molecule is CC(=O)c1cc(Br)c(Br)cc1C#N. The smallest absolute Gasteiger partial charge is 0.161 e. The lowest BCUT2D eigenvalue weighted by atomic mass is 10.1. The zero-order chi connectivity index (χ0) is 10.0. The minimum absolute atomic E-state index is 0.107. The van der Waals surface area contributed by atoms with E-state index in [4.69, 9.17) is 5.26 Å². The number of carbonyl (C=O) groups is 1. The maximum atomic E-state index is 11.1. The van der Waals surface area contributed by atoms with Crippen molar-refractivity contribution in [3.05, 3.63) is 32.2 Å². The highest BCUT2D eigenvalue weighted by Gasteiger charge is 2.09. The lowest BCUT2D eigenvalue weighted by molar-refractivity contribution is 0.101. The summed E-state index contributed by atoms with van der Waals surface area (Å²) in [5.41, 5.74) is 0.833. The predicted octanol–water partition coefficient (Wildman–Crippen LogP) is 3.29. The van der Waals surface area contributed by atoms with Crippen molar-refractivity contribution >= 4 is 37.6 Å². The minimum Gasteiger partial charge on any atom is -0.294 e. The molecule has 0 bridgehead atoms. The summed E-state index contributed by atoms with van der Waals surface area (Å²) in [4.78, 5) is 11.1. The fourth-order valence-corrected chi connectivity index (χ4v) is 1.62.